The molecule has 140 valence electrons. The van der Waals surface area contributed by atoms with Crippen molar-refractivity contribution >= 4 is 11.9 Å². The number of carbonyl (C=O) groups is 2. The molecule has 0 amide bonds. The second-order valence-corrected chi connectivity index (χ2v) is 5.79. The molecule has 0 bridgehead atoms. The molecule has 2 heterocycles. The van der Waals surface area contributed by atoms with Gasteiger partial charge in [-0.1, -0.05) is 5.92 Å². The molecule has 0 spiro atoms. The average molecular weight is 364 g/mol. The van der Waals surface area contributed by atoms with Gasteiger partial charge in [0.2, 0.25) is 0 Å². The molecule has 1 aliphatic rings. The van der Waals surface area contributed by atoms with Crippen molar-refractivity contribution in [1.82, 2.24) is 9.55 Å². The number of ether oxygens (including phenoxy) is 3. The molecule has 26 heavy (non-hydrogen) atoms. The molecule has 9 heteroatoms. The summed E-state index contributed by atoms with van der Waals surface area (Å²) in [5.74, 6) is 4.38. The van der Waals surface area contributed by atoms with E-state index < -0.39 is 41.6 Å². The van der Waals surface area contributed by atoms with E-state index in [-0.39, 0.29) is 24.3 Å². The lowest BCUT2D eigenvalue weighted by Gasteiger charge is -2.18. The van der Waals surface area contributed by atoms with Crippen molar-refractivity contribution in [3.8, 4) is 11.8 Å². The van der Waals surface area contributed by atoms with E-state index in [9.17, 15) is 19.2 Å². The van der Waals surface area contributed by atoms with Gasteiger partial charge in [-0.05, 0) is 19.8 Å². The van der Waals surface area contributed by atoms with Crippen LogP contribution in [-0.2, 0) is 23.8 Å². The monoisotopic (exact) mass is 364 g/mol. The van der Waals surface area contributed by atoms with Gasteiger partial charge in [0.25, 0.3) is 5.56 Å². The molecular weight excluding hydrogens is 344 g/mol. The highest BCUT2D eigenvalue weighted by atomic mass is 16.6. The maximum absolute atomic E-state index is 12.3. The normalized spacial score (nSPS) is 21.6. The minimum absolute atomic E-state index is 0.129. The number of hydrogen-bond donors (Lipinski definition) is 1. The van der Waals surface area contributed by atoms with Gasteiger partial charge in [-0.2, -0.15) is 0 Å². The predicted molar refractivity (Wildman–Crippen MR) is 89.3 cm³/mol. The van der Waals surface area contributed by atoms with Crippen LogP contribution in [0.25, 0.3) is 0 Å². The van der Waals surface area contributed by atoms with E-state index in [0.717, 1.165) is 0 Å². The first-order valence-corrected chi connectivity index (χ1v) is 7.98. The van der Waals surface area contributed by atoms with Gasteiger partial charge in [-0.15, -0.1) is 0 Å². The Morgan fingerprint density at radius 2 is 2.00 bits per heavy atom. The lowest BCUT2D eigenvalue weighted by molar-refractivity contribution is -0.155. The molecule has 0 aliphatic carbocycles. The number of esters is 2. The standard InChI is InChI=1S/C17H20N2O7/c1-5-6-12-9(2)16(22)18-17(23)19(12)15-7-13(25-11(4)21)14(26-15)8-24-10(3)20/h13-15H,7-8H2,1-4H3,(H,18,22,23)/t13-,14+,15+/m0/s1. The molecule has 0 saturated carbocycles. The van der Waals surface area contributed by atoms with E-state index >= 15 is 0 Å². The molecule has 1 aliphatic heterocycles. The van der Waals surface area contributed by atoms with Crippen LogP contribution in [0.4, 0.5) is 0 Å². The van der Waals surface area contributed by atoms with E-state index in [1.807, 2.05) is 0 Å². The summed E-state index contributed by atoms with van der Waals surface area (Å²) >= 11 is 0. The first-order chi connectivity index (χ1) is 12.2. The third-order valence-electron chi connectivity index (χ3n) is 3.86. The lowest BCUT2D eigenvalue weighted by Crippen LogP contribution is -2.36. The van der Waals surface area contributed by atoms with Gasteiger partial charge in [0.15, 0.2) is 0 Å². The zero-order valence-electron chi connectivity index (χ0n) is 15.0. The van der Waals surface area contributed by atoms with Crippen molar-refractivity contribution in [3.63, 3.8) is 0 Å². The zero-order chi connectivity index (χ0) is 19.4. The molecule has 0 aromatic carbocycles. The van der Waals surface area contributed by atoms with E-state index in [0.29, 0.717) is 0 Å². The number of nitrogens with zero attached hydrogens (tertiary/aromatic N) is 1. The zero-order valence-corrected chi connectivity index (χ0v) is 15.0. The van der Waals surface area contributed by atoms with Crippen molar-refractivity contribution < 1.29 is 23.8 Å². The molecule has 9 nitrogen and oxygen atoms in total. The van der Waals surface area contributed by atoms with Gasteiger partial charge in [-0.25, -0.2) is 4.79 Å². The van der Waals surface area contributed by atoms with Gasteiger partial charge in [0.1, 0.15) is 30.7 Å². The summed E-state index contributed by atoms with van der Waals surface area (Å²) in [6, 6.07) is 0. The fourth-order valence-electron chi connectivity index (χ4n) is 2.73. The van der Waals surface area contributed by atoms with E-state index in [1.54, 1.807) is 13.8 Å². The van der Waals surface area contributed by atoms with E-state index in [1.165, 1.54) is 18.4 Å². The summed E-state index contributed by atoms with van der Waals surface area (Å²) in [4.78, 5) is 48.8. The van der Waals surface area contributed by atoms with Crippen molar-refractivity contribution in [2.45, 2.75) is 52.6 Å². The molecule has 1 fully saturated rings. The van der Waals surface area contributed by atoms with Crippen molar-refractivity contribution in [2.24, 2.45) is 0 Å². The Morgan fingerprint density at radius 1 is 1.31 bits per heavy atom. The summed E-state index contributed by atoms with van der Waals surface area (Å²) in [7, 11) is 0. The molecule has 0 unspecified atom stereocenters. The highest BCUT2D eigenvalue weighted by Crippen LogP contribution is 2.31. The average Bonchev–Trinajstić information content (AvgIpc) is 2.92. The summed E-state index contributed by atoms with van der Waals surface area (Å²) < 4.78 is 17.2. The van der Waals surface area contributed by atoms with Crippen LogP contribution in [0.3, 0.4) is 0 Å². The number of aromatic amines is 1. The van der Waals surface area contributed by atoms with Crippen LogP contribution in [-0.4, -0.2) is 40.3 Å². The first kappa shape index (κ1) is 19.5. The highest BCUT2D eigenvalue weighted by Gasteiger charge is 2.40. The van der Waals surface area contributed by atoms with Gasteiger partial charge in [-0.3, -0.25) is 23.9 Å². The Balaban J connectivity index is 2.42. The molecular formula is C17H20N2O7. The Labute approximate surface area is 149 Å². The molecule has 1 aromatic rings. The minimum Gasteiger partial charge on any atom is -0.463 e. The molecule has 0 radical (unpaired) electrons. The largest absolute Gasteiger partial charge is 0.463 e. The highest BCUT2D eigenvalue weighted by molar-refractivity contribution is 5.66. The van der Waals surface area contributed by atoms with Gasteiger partial charge in [0, 0.05) is 25.8 Å². The molecule has 3 atom stereocenters. The van der Waals surface area contributed by atoms with Crippen LogP contribution in [0.2, 0.25) is 0 Å². The Morgan fingerprint density at radius 3 is 2.58 bits per heavy atom. The second kappa shape index (κ2) is 8.01. The number of H-pyrrole nitrogens is 1. The van der Waals surface area contributed by atoms with Crippen molar-refractivity contribution in [2.75, 3.05) is 6.61 Å². The van der Waals surface area contributed by atoms with Crippen LogP contribution in [0.1, 0.15) is 44.7 Å². The molecule has 1 N–H and O–H groups in total. The van der Waals surface area contributed by atoms with Gasteiger partial charge >= 0.3 is 17.6 Å². The van der Waals surface area contributed by atoms with Crippen molar-refractivity contribution in [3.05, 3.63) is 32.1 Å². The van der Waals surface area contributed by atoms with Crippen LogP contribution in [0, 0.1) is 18.8 Å². The van der Waals surface area contributed by atoms with Gasteiger partial charge in [0.05, 0.1) is 0 Å². The third-order valence-corrected chi connectivity index (χ3v) is 3.86. The summed E-state index contributed by atoms with van der Waals surface area (Å²) in [5.41, 5.74) is -0.718. The summed E-state index contributed by atoms with van der Waals surface area (Å²) in [5, 5.41) is 0. The van der Waals surface area contributed by atoms with Crippen LogP contribution >= 0.6 is 0 Å². The minimum atomic E-state index is -0.834. The molecule has 1 saturated heterocycles. The molecule has 1 aromatic heterocycles. The fourth-order valence-corrected chi connectivity index (χ4v) is 2.73. The Hall–Kier alpha value is -2.86. The van der Waals surface area contributed by atoms with Crippen LogP contribution in [0.5, 0.6) is 0 Å². The SMILES string of the molecule is CC#Cc1c(C)c(=O)[nH]c(=O)n1[C@H]1C[C@H](OC(C)=O)[C@@H](COC(C)=O)O1. The quantitative estimate of drug-likeness (QED) is 0.590. The van der Waals surface area contributed by atoms with Gasteiger partial charge < -0.3 is 14.2 Å². The predicted octanol–water partition coefficient (Wildman–Crippen LogP) is -0.00128. The van der Waals surface area contributed by atoms with E-state index in [4.69, 9.17) is 14.2 Å². The van der Waals surface area contributed by atoms with Crippen molar-refractivity contribution in [1.29, 1.82) is 0 Å². The summed E-state index contributed by atoms with van der Waals surface area (Å²) in [6.45, 7) is 5.49. The molecule has 2 rings (SSSR count). The smallest absolute Gasteiger partial charge is 0.331 e. The maximum Gasteiger partial charge on any atom is 0.331 e. The topological polar surface area (TPSA) is 117 Å². The first-order valence-electron chi connectivity index (χ1n) is 7.98. The number of nitrogens with one attached hydrogen (secondary N) is 1. The number of hydrogen-bond acceptors (Lipinski definition) is 7. The lowest BCUT2D eigenvalue weighted by atomic mass is 10.1. The van der Waals surface area contributed by atoms with Crippen LogP contribution < -0.4 is 11.2 Å². The Kier molecular flexibility index (Phi) is 6.00. The fraction of sp³-hybridized carbons (Fsp3) is 0.529. The van der Waals surface area contributed by atoms with Crippen LogP contribution in [0.15, 0.2) is 9.59 Å². The third kappa shape index (κ3) is 4.21. The number of carbonyl (C=O) groups excluding carboxylic acids is 2. The summed E-state index contributed by atoms with van der Waals surface area (Å²) in [6.07, 6.45) is -2.14. The number of rotatable bonds is 4. The maximum atomic E-state index is 12.3. The second-order valence-electron chi connectivity index (χ2n) is 5.79. The Bertz CT molecular complexity index is 887. The van der Waals surface area contributed by atoms with E-state index in [2.05, 4.69) is 16.8 Å². The number of aromatic nitrogens is 2.